The number of hydrogen-bond acceptors (Lipinski definition) is 3. The zero-order valence-corrected chi connectivity index (χ0v) is 10.8. The van der Waals surface area contributed by atoms with E-state index in [-0.39, 0.29) is 18.5 Å². The number of anilines is 1. The van der Waals surface area contributed by atoms with Gasteiger partial charge in [-0.25, -0.2) is 4.39 Å². The van der Waals surface area contributed by atoms with Gasteiger partial charge in [0.2, 0.25) is 0 Å². The van der Waals surface area contributed by atoms with E-state index >= 15 is 0 Å². The quantitative estimate of drug-likeness (QED) is 0.844. The van der Waals surface area contributed by atoms with Crippen LogP contribution in [0, 0.1) is 5.82 Å². The molecule has 4 heteroatoms. The molecule has 1 atom stereocenters. The van der Waals surface area contributed by atoms with Gasteiger partial charge in [-0.3, -0.25) is 0 Å². The van der Waals surface area contributed by atoms with Gasteiger partial charge in [-0.1, -0.05) is 6.07 Å². The molecular weight excluding hydrogens is 231 g/mol. The maximum Gasteiger partial charge on any atom is 0.146 e. The topological polar surface area (TPSA) is 49.5 Å². The van der Waals surface area contributed by atoms with Crippen LogP contribution in [0.25, 0.3) is 0 Å². The zero-order chi connectivity index (χ0) is 13.1. The van der Waals surface area contributed by atoms with Crippen molar-refractivity contribution in [1.82, 2.24) is 0 Å². The van der Waals surface area contributed by atoms with Gasteiger partial charge in [0.05, 0.1) is 12.3 Å². The number of hydrogen-bond donors (Lipinski definition) is 2. The minimum Gasteiger partial charge on any atom is -0.395 e. The molecule has 3 N–H and O–H groups in total. The molecule has 0 unspecified atom stereocenters. The van der Waals surface area contributed by atoms with Crippen molar-refractivity contribution < 1.29 is 9.50 Å². The molecule has 1 aromatic rings. The Kier molecular flexibility index (Phi) is 4.19. The average Bonchev–Trinajstić information content (AvgIpc) is 2.26. The fraction of sp³-hybridized carbons (Fsp3) is 0.571. The molecule has 0 bridgehead atoms. The molecule has 0 heterocycles. The summed E-state index contributed by atoms with van der Waals surface area (Å²) < 4.78 is 14.1. The summed E-state index contributed by atoms with van der Waals surface area (Å²) in [4.78, 5) is 1.98. The fourth-order valence-electron chi connectivity index (χ4n) is 2.35. The van der Waals surface area contributed by atoms with Crippen LogP contribution in [0.1, 0.15) is 37.8 Å². The molecule has 1 aliphatic rings. The van der Waals surface area contributed by atoms with E-state index in [1.807, 2.05) is 17.9 Å². The van der Waals surface area contributed by atoms with E-state index in [4.69, 9.17) is 10.8 Å². The van der Waals surface area contributed by atoms with Crippen LogP contribution in [0.4, 0.5) is 10.1 Å². The monoisotopic (exact) mass is 252 g/mol. The van der Waals surface area contributed by atoms with Gasteiger partial charge in [0, 0.05) is 18.6 Å². The van der Waals surface area contributed by atoms with E-state index in [1.165, 1.54) is 12.5 Å². The number of nitrogens with two attached hydrogens (primary N) is 1. The largest absolute Gasteiger partial charge is 0.395 e. The Labute approximate surface area is 107 Å². The number of aliphatic hydroxyl groups is 1. The van der Waals surface area contributed by atoms with E-state index in [0.29, 0.717) is 18.3 Å². The fourth-order valence-corrected chi connectivity index (χ4v) is 2.35. The van der Waals surface area contributed by atoms with Crippen LogP contribution in [-0.4, -0.2) is 24.3 Å². The maximum absolute atomic E-state index is 14.1. The standard InChI is InChI=1S/C14H21FN2O/c1-10(16)11-5-6-14(13(15)9-11)17(7-8-18)12-3-2-4-12/h5-6,9-10,12,18H,2-4,7-8,16H2,1H3/t10-/m0/s1. The van der Waals surface area contributed by atoms with E-state index in [2.05, 4.69) is 0 Å². The Balaban J connectivity index is 2.23. The predicted octanol–water partition coefficient (Wildman–Crippen LogP) is 2.20. The van der Waals surface area contributed by atoms with Crippen LogP contribution in [0.3, 0.4) is 0 Å². The van der Waals surface area contributed by atoms with Crippen molar-refractivity contribution >= 4 is 5.69 Å². The van der Waals surface area contributed by atoms with Gasteiger partial charge < -0.3 is 15.7 Å². The van der Waals surface area contributed by atoms with Crippen molar-refractivity contribution in [3.05, 3.63) is 29.6 Å². The highest BCUT2D eigenvalue weighted by Crippen LogP contribution is 2.31. The van der Waals surface area contributed by atoms with E-state index < -0.39 is 0 Å². The van der Waals surface area contributed by atoms with Gasteiger partial charge in [0.1, 0.15) is 5.82 Å². The number of aliphatic hydroxyl groups excluding tert-OH is 1. The average molecular weight is 252 g/mol. The smallest absolute Gasteiger partial charge is 0.146 e. The highest BCUT2D eigenvalue weighted by Gasteiger charge is 2.26. The Hall–Kier alpha value is -1.13. The summed E-state index contributed by atoms with van der Waals surface area (Å²) in [5, 5.41) is 9.12. The minimum absolute atomic E-state index is 0.0466. The lowest BCUT2D eigenvalue weighted by Gasteiger charge is -2.39. The number of nitrogens with zero attached hydrogens (tertiary/aromatic N) is 1. The second-order valence-electron chi connectivity index (χ2n) is 5.00. The first-order valence-corrected chi connectivity index (χ1v) is 6.56. The molecule has 100 valence electrons. The van der Waals surface area contributed by atoms with Crippen LogP contribution in [0.15, 0.2) is 18.2 Å². The summed E-state index contributed by atoms with van der Waals surface area (Å²) in [6, 6.07) is 5.35. The van der Waals surface area contributed by atoms with Crippen LogP contribution in [0.2, 0.25) is 0 Å². The molecule has 0 radical (unpaired) electrons. The summed E-state index contributed by atoms with van der Waals surface area (Å²) >= 11 is 0. The third-order valence-corrected chi connectivity index (χ3v) is 3.66. The first kappa shape index (κ1) is 13.3. The molecule has 0 saturated heterocycles. The molecule has 1 fully saturated rings. The van der Waals surface area contributed by atoms with Gasteiger partial charge in [0.25, 0.3) is 0 Å². The third-order valence-electron chi connectivity index (χ3n) is 3.66. The van der Waals surface area contributed by atoms with Gasteiger partial charge in [-0.2, -0.15) is 0 Å². The minimum atomic E-state index is -0.245. The highest BCUT2D eigenvalue weighted by atomic mass is 19.1. The molecular formula is C14H21FN2O. The number of rotatable bonds is 5. The van der Waals surface area contributed by atoms with Gasteiger partial charge in [-0.15, -0.1) is 0 Å². The van der Waals surface area contributed by atoms with Crippen LogP contribution in [-0.2, 0) is 0 Å². The highest BCUT2D eigenvalue weighted by molar-refractivity contribution is 5.51. The molecule has 0 aliphatic heterocycles. The molecule has 1 aliphatic carbocycles. The van der Waals surface area contributed by atoms with Crippen molar-refractivity contribution in [3.8, 4) is 0 Å². The summed E-state index contributed by atoms with van der Waals surface area (Å²) in [5.74, 6) is -0.245. The van der Waals surface area contributed by atoms with Crippen molar-refractivity contribution in [2.75, 3.05) is 18.1 Å². The van der Waals surface area contributed by atoms with Crippen LogP contribution in [0.5, 0.6) is 0 Å². The van der Waals surface area contributed by atoms with Crippen molar-refractivity contribution in [3.63, 3.8) is 0 Å². The Morgan fingerprint density at radius 2 is 2.22 bits per heavy atom. The maximum atomic E-state index is 14.1. The summed E-state index contributed by atoms with van der Waals surface area (Å²) in [7, 11) is 0. The lowest BCUT2D eigenvalue weighted by molar-refractivity contribution is 0.282. The van der Waals surface area contributed by atoms with E-state index in [0.717, 1.165) is 18.4 Å². The second kappa shape index (κ2) is 5.67. The van der Waals surface area contributed by atoms with E-state index in [9.17, 15) is 4.39 Å². The summed E-state index contributed by atoms with van der Waals surface area (Å²) in [6.07, 6.45) is 3.34. The van der Waals surface area contributed by atoms with Gasteiger partial charge in [-0.05, 0) is 43.9 Å². The molecule has 18 heavy (non-hydrogen) atoms. The second-order valence-corrected chi connectivity index (χ2v) is 5.00. The Bertz CT molecular complexity index is 405. The molecule has 3 nitrogen and oxygen atoms in total. The van der Waals surface area contributed by atoms with Gasteiger partial charge >= 0.3 is 0 Å². The third kappa shape index (κ3) is 2.65. The Morgan fingerprint density at radius 3 is 2.67 bits per heavy atom. The van der Waals surface area contributed by atoms with Crippen molar-refractivity contribution in [2.45, 2.75) is 38.3 Å². The SMILES string of the molecule is C[C@H](N)c1ccc(N(CCO)C2CCC2)c(F)c1. The van der Waals surface area contributed by atoms with Crippen LogP contribution >= 0.6 is 0 Å². The lowest BCUT2D eigenvalue weighted by Crippen LogP contribution is -2.42. The molecule has 0 spiro atoms. The first-order chi connectivity index (χ1) is 8.63. The summed E-state index contributed by atoms with van der Waals surface area (Å²) in [5.41, 5.74) is 7.13. The van der Waals surface area contributed by atoms with Crippen LogP contribution < -0.4 is 10.6 Å². The summed E-state index contributed by atoms with van der Waals surface area (Å²) in [6.45, 7) is 2.37. The molecule has 0 aromatic heterocycles. The normalized spacial score (nSPS) is 17.3. The van der Waals surface area contributed by atoms with Gasteiger partial charge in [0.15, 0.2) is 0 Å². The zero-order valence-electron chi connectivity index (χ0n) is 10.8. The van der Waals surface area contributed by atoms with E-state index in [1.54, 1.807) is 6.07 Å². The number of benzene rings is 1. The molecule has 1 aromatic carbocycles. The molecule has 0 amide bonds. The van der Waals surface area contributed by atoms with Crippen molar-refractivity contribution in [2.24, 2.45) is 5.73 Å². The van der Waals surface area contributed by atoms with Crippen molar-refractivity contribution in [1.29, 1.82) is 0 Å². The predicted molar refractivity (Wildman–Crippen MR) is 71.1 cm³/mol. The Morgan fingerprint density at radius 1 is 1.50 bits per heavy atom. The first-order valence-electron chi connectivity index (χ1n) is 6.56. The number of halogens is 1. The molecule has 2 rings (SSSR count). The lowest BCUT2D eigenvalue weighted by atomic mass is 9.91. The molecule has 1 saturated carbocycles.